The molecule has 0 aromatic carbocycles. The van der Waals surface area contributed by atoms with Crippen LogP contribution in [0.3, 0.4) is 0 Å². The molecule has 4 unspecified atom stereocenters. The first-order valence-electron chi connectivity index (χ1n) is 8.39. The molecule has 0 aromatic heterocycles. The third kappa shape index (κ3) is 2.77. The summed E-state index contributed by atoms with van der Waals surface area (Å²) in [5.74, 6) is 1.14. The molecule has 4 atom stereocenters. The lowest BCUT2D eigenvalue weighted by atomic mass is 9.46. The van der Waals surface area contributed by atoms with Crippen molar-refractivity contribution in [2.45, 2.75) is 65.4 Å². The Bertz CT molecular complexity index is 445. The molecule has 0 aromatic rings. The molecule has 1 N–H and O–H groups in total. The van der Waals surface area contributed by atoms with Crippen LogP contribution in [0, 0.1) is 22.7 Å². The van der Waals surface area contributed by atoms with E-state index in [0.717, 1.165) is 37.7 Å². The molecular weight excluding hydrogens is 256 g/mol. The molecule has 0 spiro atoms. The van der Waals surface area contributed by atoms with Crippen LogP contribution in [0.4, 0.5) is 0 Å². The summed E-state index contributed by atoms with van der Waals surface area (Å²) in [6.45, 7) is 19.2. The molecule has 1 nitrogen and oxygen atoms in total. The molecule has 2 saturated carbocycles. The van der Waals surface area contributed by atoms with Crippen molar-refractivity contribution in [1.29, 1.82) is 0 Å². The zero-order chi connectivity index (χ0) is 15.8. The number of hydrogen-bond donors (Lipinski definition) is 1. The predicted molar refractivity (Wildman–Crippen MR) is 91.1 cm³/mol. The minimum atomic E-state index is -0.161. The summed E-state index contributed by atoms with van der Waals surface area (Å²) in [7, 11) is 0. The Kier molecular flexibility index (Phi) is 4.54. The van der Waals surface area contributed by atoms with Gasteiger partial charge < -0.3 is 5.11 Å². The Morgan fingerprint density at radius 3 is 2.62 bits per heavy atom. The van der Waals surface area contributed by atoms with Crippen molar-refractivity contribution in [3.63, 3.8) is 0 Å². The summed E-state index contributed by atoms with van der Waals surface area (Å²) in [5, 5.41) is 10.4. The van der Waals surface area contributed by atoms with Gasteiger partial charge in [0, 0.05) is 0 Å². The zero-order valence-corrected chi connectivity index (χ0v) is 14.1. The molecule has 21 heavy (non-hydrogen) atoms. The fourth-order valence-corrected chi connectivity index (χ4v) is 5.13. The standard InChI is InChI=1S/C20H32O/c1-7-14(2)8-10-16-15(3)9-11-17-19(4,5)18(21)12-13-20(16,17)6/h7,16-18,21H,1-3,8-13H2,4-6H3. The first-order chi connectivity index (χ1) is 9.73. The third-order valence-corrected chi connectivity index (χ3v) is 6.60. The SMILES string of the molecule is C=CC(=C)CCC1C(=C)CCC2C(C)(C)C(O)CCC12C. The van der Waals surface area contributed by atoms with Crippen LogP contribution < -0.4 is 0 Å². The fraction of sp³-hybridized carbons (Fsp3) is 0.700. The minimum Gasteiger partial charge on any atom is -0.393 e. The van der Waals surface area contributed by atoms with Crippen LogP contribution in [-0.4, -0.2) is 11.2 Å². The highest BCUT2D eigenvalue weighted by atomic mass is 16.3. The quantitative estimate of drug-likeness (QED) is 0.551. The van der Waals surface area contributed by atoms with E-state index in [1.807, 2.05) is 6.08 Å². The van der Waals surface area contributed by atoms with Gasteiger partial charge in [-0.05, 0) is 61.2 Å². The average molecular weight is 288 g/mol. The van der Waals surface area contributed by atoms with Crippen LogP contribution in [0.25, 0.3) is 0 Å². The minimum absolute atomic E-state index is 0.0153. The molecule has 118 valence electrons. The smallest absolute Gasteiger partial charge is 0.0594 e. The lowest BCUT2D eigenvalue weighted by Gasteiger charge is -2.59. The largest absolute Gasteiger partial charge is 0.393 e. The summed E-state index contributed by atoms with van der Waals surface area (Å²) in [5.41, 5.74) is 2.84. The van der Waals surface area contributed by atoms with Crippen molar-refractivity contribution in [1.82, 2.24) is 0 Å². The van der Waals surface area contributed by atoms with E-state index in [2.05, 4.69) is 40.5 Å². The highest BCUT2D eigenvalue weighted by molar-refractivity contribution is 5.19. The van der Waals surface area contributed by atoms with Gasteiger partial charge in [-0.2, -0.15) is 0 Å². The number of aliphatic hydroxyl groups excluding tert-OH is 1. The van der Waals surface area contributed by atoms with Crippen LogP contribution in [0.5, 0.6) is 0 Å². The maximum absolute atomic E-state index is 10.4. The first kappa shape index (κ1) is 16.5. The van der Waals surface area contributed by atoms with Crippen LogP contribution in [0.1, 0.15) is 59.3 Å². The van der Waals surface area contributed by atoms with Crippen LogP contribution in [0.15, 0.2) is 37.0 Å². The zero-order valence-electron chi connectivity index (χ0n) is 14.1. The van der Waals surface area contributed by atoms with Gasteiger partial charge in [0.25, 0.3) is 0 Å². The molecule has 2 rings (SSSR count). The van der Waals surface area contributed by atoms with Gasteiger partial charge >= 0.3 is 0 Å². The maximum atomic E-state index is 10.4. The monoisotopic (exact) mass is 288 g/mol. The summed E-state index contributed by atoms with van der Waals surface area (Å²) in [4.78, 5) is 0. The Balaban J connectivity index is 2.25. The van der Waals surface area contributed by atoms with Gasteiger partial charge in [0.15, 0.2) is 0 Å². The summed E-state index contributed by atoms with van der Waals surface area (Å²) in [6, 6.07) is 0. The second kappa shape index (κ2) is 5.76. The number of aliphatic hydroxyl groups is 1. The van der Waals surface area contributed by atoms with Crippen molar-refractivity contribution in [2.75, 3.05) is 0 Å². The molecule has 1 heteroatoms. The second-order valence-corrected chi connectivity index (χ2v) is 8.08. The normalized spacial score (nSPS) is 38.7. The number of hydrogen-bond acceptors (Lipinski definition) is 1. The topological polar surface area (TPSA) is 20.2 Å². The van der Waals surface area contributed by atoms with Crippen LogP contribution in [0.2, 0.25) is 0 Å². The molecule has 0 amide bonds. The molecule has 0 bridgehead atoms. The van der Waals surface area contributed by atoms with E-state index < -0.39 is 0 Å². The first-order valence-corrected chi connectivity index (χ1v) is 8.39. The maximum Gasteiger partial charge on any atom is 0.0594 e. The number of rotatable bonds is 4. The Labute approximate surface area is 130 Å². The van der Waals surface area contributed by atoms with Crippen molar-refractivity contribution >= 4 is 0 Å². The van der Waals surface area contributed by atoms with Gasteiger partial charge in [-0.15, -0.1) is 0 Å². The molecule has 2 aliphatic carbocycles. The Morgan fingerprint density at radius 2 is 2.00 bits per heavy atom. The lowest BCUT2D eigenvalue weighted by molar-refractivity contribution is -0.124. The van der Waals surface area contributed by atoms with Crippen molar-refractivity contribution in [3.8, 4) is 0 Å². The van der Waals surface area contributed by atoms with Crippen LogP contribution >= 0.6 is 0 Å². The van der Waals surface area contributed by atoms with Gasteiger partial charge in [0.2, 0.25) is 0 Å². The van der Waals surface area contributed by atoms with Gasteiger partial charge in [-0.1, -0.05) is 57.7 Å². The molecule has 0 heterocycles. The molecule has 2 aliphatic rings. The average Bonchev–Trinajstić information content (AvgIpc) is 2.42. The van der Waals surface area contributed by atoms with Crippen LogP contribution in [-0.2, 0) is 0 Å². The van der Waals surface area contributed by atoms with E-state index in [4.69, 9.17) is 0 Å². The van der Waals surface area contributed by atoms with Crippen molar-refractivity contribution < 1.29 is 5.11 Å². The van der Waals surface area contributed by atoms with E-state index in [1.54, 1.807) is 0 Å². The summed E-state index contributed by atoms with van der Waals surface area (Å²) >= 11 is 0. The highest BCUT2D eigenvalue weighted by Gasteiger charge is 2.55. The molecule has 0 radical (unpaired) electrons. The van der Waals surface area contributed by atoms with E-state index in [0.29, 0.717) is 11.8 Å². The predicted octanol–water partition coefficient (Wildman–Crippen LogP) is 5.28. The second-order valence-electron chi connectivity index (χ2n) is 8.08. The number of allylic oxidation sites excluding steroid dienone is 3. The van der Waals surface area contributed by atoms with E-state index in [1.165, 1.54) is 12.0 Å². The molecule has 2 fully saturated rings. The molecule has 0 aliphatic heterocycles. The van der Waals surface area contributed by atoms with Crippen molar-refractivity contribution in [3.05, 3.63) is 37.0 Å². The number of fused-ring (bicyclic) bond motifs is 1. The van der Waals surface area contributed by atoms with Gasteiger partial charge in [-0.25, -0.2) is 0 Å². The van der Waals surface area contributed by atoms with E-state index in [-0.39, 0.29) is 16.9 Å². The van der Waals surface area contributed by atoms with Gasteiger partial charge in [0.1, 0.15) is 0 Å². The molecule has 0 saturated heterocycles. The summed E-state index contributed by atoms with van der Waals surface area (Å²) in [6.07, 6.45) is 8.19. The fourth-order valence-electron chi connectivity index (χ4n) is 5.13. The lowest BCUT2D eigenvalue weighted by Crippen LogP contribution is -2.54. The Morgan fingerprint density at radius 1 is 1.33 bits per heavy atom. The Hall–Kier alpha value is -0.820. The summed E-state index contributed by atoms with van der Waals surface area (Å²) < 4.78 is 0. The van der Waals surface area contributed by atoms with E-state index in [9.17, 15) is 5.11 Å². The highest BCUT2D eigenvalue weighted by Crippen LogP contribution is 2.61. The van der Waals surface area contributed by atoms with E-state index >= 15 is 0 Å². The third-order valence-electron chi connectivity index (χ3n) is 6.60. The molecular formula is C20H32O. The van der Waals surface area contributed by atoms with Gasteiger partial charge in [-0.3, -0.25) is 0 Å². The van der Waals surface area contributed by atoms with Gasteiger partial charge in [0.05, 0.1) is 6.10 Å². The van der Waals surface area contributed by atoms with Crippen molar-refractivity contribution in [2.24, 2.45) is 22.7 Å².